The Morgan fingerprint density at radius 2 is 1.81 bits per heavy atom. The number of ether oxygens (including phenoxy) is 5. The molecule has 1 aliphatic rings. The monoisotopic (exact) mass is 452 g/mol. The van der Waals surface area contributed by atoms with Crippen LogP contribution in [0, 0.1) is 0 Å². The van der Waals surface area contributed by atoms with Crippen LogP contribution in [-0.4, -0.2) is 69.4 Å². The Balaban J connectivity index is 1.58. The Bertz CT molecular complexity index is 715. The van der Waals surface area contributed by atoms with Gasteiger partial charge in [-0.15, -0.1) is 0 Å². The second kappa shape index (κ2) is 14.4. The average Bonchev–Trinajstić information content (AvgIpc) is 2.77. The van der Waals surface area contributed by atoms with E-state index in [2.05, 4.69) is 10.6 Å². The van der Waals surface area contributed by atoms with Gasteiger partial charge in [-0.3, -0.25) is 9.59 Å². The van der Waals surface area contributed by atoms with Crippen LogP contribution in [0.2, 0.25) is 0 Å². The molecule has 0 aromatic heterocycles. The van der Waals surface area contributed by atoms with Crippen molar-refractivity contribution in [1.29, 1.82) is 0 Å². The van der Waals surface area contributed by atoms with Crippen molar-refractivity contribution < 1.29 is 38.1 Å². The van der Waals surface area contributed by atoms with Crippen molar-refractivity contribution >= 4 is 18.0 Å². The minimum Gasteiger partial charge on any atom is -0.463 e. The Hall–Kier alpha value is -2.69. The van der Waals surface area contributed by atoms with Crippen LogP contribution >= 0.6 is 0 Å². The Morgan fingerprint density at radius 3 is 2.53 bits per heavy atom. The number of nitrogens with one attached hydrogen (secondary N) is 2. The van der Waals surface area contributed by atoms with Crippen LogP contribution in [0.15, 0.2) is 30.3 Å². The predicted molar refractivity (Wildman–Crippen MR) is 114 cm³/mol. The van der Waals surface area contributed by atoms with E-state index in [1.807, 2.05) is 30.3 Å². The van der Waals surface area contributed by atoms with Gasteiger partial charge in [-0.1, -0.05) is 30.3 Å². The lowest BCUT2D eigenvalue weighted by Gasteiger charge is -2.36. The molecule has 3 atom stereocenters. The first-order valence-electron chi connectivity index (χ1n) is 10.6. The van der Waals surface area contributed by atoms with Gasteiger partial charge in [0.15, 0.2) is 6.29 Å². The summed E-state index contributed by atoms with van der Waals surface area (Å²) in [6, 6.07) is 9.12. The lowest BCUT2D eigenvalue weighted by Crippen LogP contribution is -2.51. The third-order valence-corrected chi connectivity index (χ3v) is 4.55. The molecule has 0 bridgehead atoms. The number of hydrogen-bond donors (Lipinski definition) is 2. The van der Waals surface area contributed by atoms with Crippen molar-refractivity contribution in [3.8, 4) is 0 Å². The number of rotatable bonds is 12. The molecule has 1 fully saturated rings. The van der Waals surface area contributed by atoms with Gasteiger partial charge in [0.05, 0.1) is 32.0 Å². The predicted octanol–water partition coefficient (Wildman–Crippen LogP) is 1.52. The van der Waals surface area contributed by atoms with E-state index >= 15 is 0 Å². The van der Waals surface area contributed by atoms with Gasteiger partial charge in [-0.25, -0.2) is 4.79 Å². The van der Waals surface area contributed by atoms with E-state index in [1.54, 1.807) is 0 Å². The number of alkyl carbamates (subject to hydrolysis) is 1. The number of hydrogen-bond acceptors (Lipinski definition) is 8. The fourth-order valence-corrected chi connectivity index (χ4v) is 3.07. The molecule has 0 radical (unpaired) electrons. The number of carbonyl (C=O) groups excluding carboxylic acids is 3. The summed E-state index contributed by atoms with van der Waals surface area (Å²) in [7, 11) is 0. The average molecular weight is 453 g/mol. The molecule has 1 saturated heterocycles. The molecular weight excluding hydrogens is 420 g/mol. The maximum absolute atomic E-state index is 11.7. The largest absolute Gasteiger partial charge is 0.463 e. The summed E-state index contributed by atoms with van der Waals surface area (Å²) in [5, 5.41) is 5.43. The third-order valence-electron chi connectivity index (χ3n) is 4.55. The lowest BCUT2D eigenvalue weighted by molar-refractivity contribution is -0.221. The maximum Gasteiger partial charge on any atom is 0.407 e. The van der Waals surface area contributed by atoms with Gasteiger partial charge >= 0.3 is 12.1 Å². The molecule has 0 saturated carbocycles. The Labute approximate surface area is 187 Å². The molecule has 0 aliphatic carbocycles. The molecule has 32 heavy (non-hydrogen) atoms. The second-order valence-electron chi connectivity index (χ2n) is 7.29. The number of esters is 1. The van der Waals surface area contributed by atoms with Crippen molar-refractivity contribution in [2.45, 2.75) is 51.7 Å². The fraction of sp³-hybridized carbons (Fsp3) is 0.591. The summed E-state index contributed by atoms with van der Waals surface area (Å²) < 4.78 is 27.1. The number of amides is 2. The van der Waals surface area contributed by atoms with E-state index in [1.165, 1.54) is 13.8 Å². The molecule has 1 aromatic carbocycles. The molecule has 0 spiro atoms. The van der Waals surface area contributed by atoms with E-state index in [9.17, 15) is 14.4 Å². The number of benzene rings is 1. The SMILES string of the molecule is CC(=O)NC1CCC(COC(C)=O)OC1OCCOCCNC(=O)OCc1ccccc1. The van der Waals surface area contributed by atoms with Gasteiger partial charge in [-0.2, -0.15) is 0 Å². The van der Waals surface area contributed by atoms with Gasteiger partial charge < -0.3 is 34.3 Å². The molecular formula is C22H32N2O8. The van der Waals surface area contributed by atoms with Crippen molar-refractivity contribution in [2.24, 2.45) is 0 Å². The Morgan fingerprint density at radius 1 is 1.03 bits per heavy atom. The second-order valence-corrected chi connectivity index (χ2v) is 7.29. The summed E-state index contributed by atoms with van der Waals surface area (Å²) in [5.74, 6) is -0.548. The van der Waals surface area contributed by atoms with Gasteiger partial charge in [-0.05, 0) is 18.4 Å². The summed E-state index contributed by atoms with van der Waals surface area (Å²) in [6.45, 7) is 4.23. The van der Waals surface area contributed by atoms with Gasteiger partial charge in [0, 0.05) is 20.4 Å². The fourth-order valence-electron chi connectivity index (χ4n) is 3.07. The highest BCUT2D eigenvalue weighted by Crippen LogP contribution is 2.21. The standard InChI is InChI=1S/C22H32N2O8/c1-16(25)24-20-9-8-19(15-30-17(2)26)32-21(20)29-13-12-28-11-10-23-22(27)31-14-18-6-4-3-5-7-18/h3-7,19-21H,8-15H2,1-2H3,(H,23,27)(H,24,25). The van der Waals surface area contributed by atoms with E-state index in [0.29, 0.717) is 26.0 Å². The maximum atomic E-state index is 11.7. The normalized spacial score (nSPS) is 20.2. The van der Waals surface area contributed by atoms with Crippen LogP contribution in [0.4, 0.5) is 4.79 Å². The molecule has 1 aliphatic heterocycles. The zero-order valence-electron chi connectivity index (χ0n) is 18.5. The van der Waals surface area contributed by atoms with E-state index in [-0.39, 0.29) is 50.4 Å². The molecule has 178 valence electrons. The van der Waals surface area contributed by atoms with Gasteiger partial charge in [0.2, 0.25) is 5.91 Å². The van der Waals surface area contributed by atoms with Crippen LogP contribution in [0.3, 0.4) is 0 Å². The van der Waals surface area contributed by atoms with E-state index in [0.717, 1.165) is 5.56 Å². The topological polar surface area (TPSA) is 121 Å². The Kier molecular flexibility index (Phi) is 11.5. The molecule has 2 amide bonds. The molecule has 1 aromatic rings. The van der Waals surface area contributed by atoms with Crippen LogP contribution < -0.4 is 10.6 Å². The summed E-state index contributed by atoms with van der Waals surface area (Å²) in [4.78, 5) is 34.1. The first-order valence-corrected chi connectivity index (χ1v) is 10.6. The van der Waals surface area contributed by atoms with Crippen molar-refractivity contribution in [3.05, 3.63) is 35.9 Å². The van der Waals surface area contributed by atoms with Crippen LogP contribution in [0.1, 0.15) is 32.3 Å². The highest BCUT2D eigenvalue weighted by atomic mass is 16.7. The molecule has 1 heterocycles. The third kappa shape index (κ3) is 10.6. The molecule has 10 nitrogen and oxygen atoms in total. The van der Waals surface area contributed by atoms with Gasteiger partial charge in [0.1, 0.15) is 13.2 Å². The highest BCUT2D eigenvalue weighted by Gasteiger charge is 2.33. The lowest BCUT2D eigenvalue weighted by atomic mass is 10.0. The molecule has 10 heteroatoms. The number of carbonyl (C=O) groups is 3. The highest BCUT2D eigenvalue weighted by molar-refractivity contribution is 5.73. The van der Waals surface area contributed by atoms with E-state index in [4.69, 9.17) is 23.7 Å². The van der Waals surface area contributed by atoms with Crippen molar-refractivity contribution in [2.75, 3.05) is 33.0 Å². The smallest absolute Gasteiger partial charge is 0.407 e. The molecule has 3 unspecified atom stereocenters. The zero-order chi connectivity index (χ0) is 23.2. The molecule has 2 rings (SSSR count). The first kappa shape index (κ1) is 25.6. The molecule has 2 N–H and O–H groups in total. The van der Waals surface area contributed by atoms with E-state index < -0.39 is 12.4 Å². The minimum atomic E-state index is -0.664. The summed E-state index contributed by atoms with van der Waals surface area (Å²) in [5.41, 5.74) is 0.911. The first-order chi connectivity index (χ1) is 15.4. The summed E-state index contributed by atoms with van der Waals surface area (Å²) in [6.07, 6.45) is -0.183. The van der Waals surface area contributed by atoms with Crippen molar-refractivity contribution in [3.63, 3.8) is 0 Å². The zero-order valence-corrected chi connectivity index (χ0v) is 18.5. The van der Waals surface area contributed by atoms with Crippen LogP contribution in [0.25, 0.3) is 0 Å². The quantitative estimate of drug-likeness (QED) is 0.362. The minimum absolute atomic E-state index is 0.143. The summed E-state index contributed by atoms with van der Waals surface area (Å²) >= 11 is 0. The van der Waals surface area contributed by atoms with Gasteiger partial charge in [0.25, 0.3) is 0 Å². The van der Waals surface area contributed by atoms with Crippen LogP contribution in [-0.2, 0) is 39.9 Å². The van der Waals surface area contributed by atoms with Crippen molar-refractivity contribution in [1.82, 2.24) is 10.6 Å². The van der Waals surface area contributed by atoms with Crippen LogP contribution in [0.5, 0.6) is 0 Å².